The number of rotatable bonds is 6. The number of nitrogens with zero attached hydrogens (tertiary/aromatic N) is 6. The van der Waals surface area contributed by atoms with Gasteiger partial charge < -0.3 is 20.9 Å². The zero-order valence-corrected chi connectivity index (χ0v) is 20.9. The Hall–Kier alpha value is -3.48. The van der Waals surface area contributed by atoms with Crippen LogP contribution in [0.2, 0.25) is 0 Å². The number of nitrogens with two attached hydrogens (primary N) is 1. The molecule has 1 aromatic carbocycles. The van der Waals surface area contributed by atoms with Gasteiger partial charge in [0.25, 0.3) is 0 Å². The molecule has 5 rings (SSSR count). The van der Waals surface area contributed by atoms with Crippen molar-refractivity contribution in [1.29, 1.82) is 5.26 Å². The molecule has 0 unspecified atom stereocenters. The van der Waals surface area contributed by atoms with Gasteiger partial charge in [0, 0.05) is 44.4 Å². The van der Waals surface area contributed by atoms with E-state index in [1.165, 1.54) is 0 Å². The van der Waals surface area contributed by atoms with Gasteiger partial charge in [0.2, 0.25) is 11.9 Å². The molecule has 1 atom stereocenters. The minimum atomic E-state index is -0.846. The summed E-state index contributed by atoms with van der Waals surface area (Å²) in [5, 5.41) is 17.2. The molecule has 188 valence electrons. The predicted octanol–water partition coefficient (Wildman–Crippen LogP) is 2.36. The third-order valence-corrected chi connectivity index (χ3v) is 7.49. The fraction of sp³-hybridized carbons (Fsp3) is 0.481. The van der Waals surface area contributed by atoms with Crippen molar-refractivity contribution >= 4 is 17.5 Å². The maximum absolute atomic E-state index is 12.7. The van der Waals surface area contributed by atoms with Crippen LogP contribution in [0.3, 0.4) is 0 Å². The Balaban J connectivity index is 1.25. The summed E-state index contributed by atoms with van der Waals surface area (Å²) in [6, 6.07) is 13.7. The lowest BCUT2D eigenvalue weighted by Crippen LogP contribution is -2.57. The molecule has 36 heavy (non-hydrogen) atoms. The van der Waals surface area contributed by atoms with Gasteiger partial charge in [-0.25, -0.2) is 4.52 Å². The Labute approximate surface area is 211 Å². The maximum Gasteiger partial charge on any atom is 0.245 e. The molecule has 0 radical (unpaired) electrons. The summed E-state index contributed by atoms with van der Waals surface area (Å²) >= 11 is 0. The first-order chi connectivity index (χ1) is 17.4. The van der Waals surface area contributed by atoms with Crippen LogP contribution in [0.4, 0.5) is 5.95 Å². The smallest absolute Gasteiger partial charge is 0.245 e. The summed E-state index contributed by atoms with van der Waals surface area (Å²) in [4.78, 5) is 22.0. The molecule has 1 saturated heterocycles. The van der Waals surface area contributed by atoms with E-state index in [0.717, 1.165) is 73.7 Å². The van der Waals surface area contributed by atoms with Crippen LogP contribution in [-0.2, 0) is 11.2 Å². The minimum Gasteiger partial charge on any atom is -0.338 e. The van der Waals surface area contributed by atoms with Crippen molar-refractivity contribution in [3.05, 3.63) is 48.2 Å². The Bertz CT molecular complexity index is 1250. The molecule has 3 N–H and O–H groups in total. The predicted molar refractivity (Wildman–Crippen MR) is 139 cm³/mol. The van der Waals surface area contributed by atoms with E-state index >= 15 is 0 Å². The summed E-state index contributed by atoms with van der Waals surface area (Å²) < 4.78 is 1.84. The van der Waals surface area contributed by atoms with E-state index in [0.29, 0.717) is 19.3 Å². The SMILES string of the molecule is CN1CCN(c2nc3ccc(-c4ccc(C[C@H](C#N)NC(=O)C5(N)CCCCC5)cc4)cn3n2)CC1. The number of fused-ring (bicyclic) bond motifs is 1. The van der Waals surface area contributed by atoms with Crippen LogP contribution < -0.4 is 16.0 Å². The third kappa shape index (κ3) is 5.20. The van der Waals surface area contributed by atoms with Gasteiger partial charge in [0.05, 0.1) is 11.6 Å². The van der Waals surface area contributed by atoms with Crippen molar-refractivity contribution in [2.75, 3.05) is 38.1 Å². The number of hydrogen-bond donors (Lipinski definition) is 2. The van der Waals surface area contributed by atoms with E-state index in [1.54, 1.807) is 0 Å². The molecule has 3 aromatic rings. The van der Waals surface area contributed by atoms with Gasteiger partial charge in [0.1, 0.15) is 6.04 Å². The Morgan fingerprint density at radius 1 is 1.08 bits per heavy atom. The van der Waals surface area contributed by atoms with Gasteiger partial charge in [-0.1, -0.05) is 43.5 Å². The number of likely N-dealkylation sites (N-methyl/N-ethyl adjacent to an activating group) is 1. The zero-order valence-electron chi connectivity index (χ0n) is 20.9. The number of nitriles is 1. The first kappa shape index (κ1) is 24.2. The van der Waals surface area contributed by atoms with Crippen molar-refractivity contribution in [3.8, 4) is 17.2 Å². The number of carbonyl (C=O) groups excluding carboxylic acids is 1. The molecule has 2 aliphatic rings. The third-order valence-electron chi connectivity index (χ3n) is 7.49. The molecule has 9 nitrogen and oxygen atoms in total. The Morgan fingerprint density at radius 3 is 2.47 bits per heavy atom. The van der Waals surface area contributed by atoms with Crippen molar-refractivity contribution in [1.82, 2.24) is 24.8 Å². The van der Waals surface area contributed by atoms with Crippen LogP contribution in [0.15, 0.2) is 42.6 Å². The highest BCUT2D eigenvalue weighted by molar-refractivity contribution is 5.86. The molecule has 9 heteroatoms. The minimum absolute atomic E-state index is 0.206. The summed E-state index contributed by atoms with van der Waals surface area (Å²) in [5.74, 6) is 0.565. The zero-order chi connectivity index (χ0) is 25.1. The van der Waals surface area contributed by atoms with Gasteiger partial charge in [-0.15, -0.1) is 5.10 Å². The van der Waals surface area contributed by atoms with Crippen molar-refractivity contribution in [2.24, 2.45) is 5.73 Å². The molecule has 0 spiro atoms. The van der Waals surface area contributed by atoms with Gasteiger partial charge in [-0.2, -0.15) is 10.2 Å². The van der Waals surface area contributed by atoms with E-state index in [1.807, 2.05) is 41.0 Å². The molecular weight excluding hydrogens is 452 g/mol. The van der Waals surface area contributed by atoms with Crippen LogP contribution in [-0.4, -0.2) is 70.2 Å². The largest absolute Gasteiger partial charge is 0.338 e. The number of carbonyl (C=O) groups is 1. The van der Waals surface area contributed by atoms with Crippen LogP contribution in [0.1, 0.15) is 37.7 Å². The van der Waals surface area contributed by atoms with Crippen LogP contribution in [0, 0.1) is 11.3 Å². The molecule has 3 heterocycles. The lowest BCUT2D eigenvalue weighted by Gasteiger charge is -2.32. The highest BCUT2D eigenvalue weighted by Gasteiger charge is 2.36. The molecule has 1 saturated carbocycles. The number of piperazine rings is 1. The number of amides is 1. The molecule has 2 fully saturated rings. The van der Waals surface area contributed by atoms with Crippen LogP contribution in [0.5, 0.6) is 0 Å². The van der Waals surface area contributed by atoms with Gasteiger partial charge in [0.15, 0.2) is 5.65 Å². The molecule has 0 bridgehead atoms. The summed E-state index contributed by atoms with van der Waals surface area (Å²) in [6.45, 7) is 3.88. The van der Waals surface area contributed by atoms with Gasteiger partial charge in [-0.3, -0.25) is 4.79 Å². The van der Waals surface area contributed by atoms with E-state index < -0.39 is 11.6 Å². The molecule has 1 aliphatic heterocycles. The second-order valence-corrected chi connectivity index (χ2v) is 10.2. The molecule has 1 aliphatic carbocycles. The molecule has 1 amide bonds. The highest BCUT2D eigenvalue weighted by atomic mass is 16.2. The van der Waals surface area contributed by atoms with Crippen LogP contribution in [0.25, 0.3) is 16.8 Å². The van der Waals surface area contributed by atoms with Crippen molar-refractivity contribution in [3.63, 3.8) is 0 Å². The second-order valence-electron chi connectivity index (χ2n) is 10.2. The van der Waals surface area contributed by atoms with E-state index in [9.17, 15) is 10.1 Å². The van der Waals surface area contributed by atoms with Crippen LogP contribution >= 0.6 is 0 Å². The molecule has 2 aromatic heterocycles. The average molecular weight is 487 g/mol. The average Bonchev–Trinajstić information content (AvgIpc) is 3.33. The van der Waals surface area contributed by atoms with Crippen molar-refractivity contribution < 1.29 is 4.79 Å². The standard InChI is InChI=1S/C27H34N8O/c1-33-13-15-34(16-14-33)26-31-24-10-9-22(19-35(24)32-26)21-7-5-20(6-8-21)17-23(18-28)30-25(36)27(29)11-3-2-4-12-27/h5-10,19,23H,2-4,11-17,29H2,1H3,(H,30,36)/t23-/m1/s1. The van der Waals surface area contributed by atoms with E-state index in [2.05, 4.69) is 34.3 Å². The normalized spacial score (nSPS) is 19.1. The number of anilines is 1. The monoisotopic (exact) mass is 486 g/mol. The molecular formula is C27H34N8O. The van der Waals surface area contributed by atoms with Crippen molar-refractivity contribution in [2.45, 2.75) is 50.1 Å². The van der Waals surface area contributed by atoms with E-state index in [-0.39, 0.29) is 5.91 Å². The number of nitrogens with one attached hydrogen (secondary N) is 1. The second kappa shape index (κ2) is 10.2. The highest BCUT2D eigenvalue weighted by Crippen LogP contribution is 2.26. The quantitative estimate of drug-likeness (QED) is 0.549. The summed E-state index contributed by atoms with van der Waals surface area (Å²) in [5.41, 5.74) is 9.39. The fourth-order valence-electron chi connectivity index (χ4n) is 5.09. The fourth-order valence-corrected chi connectivity index (χ4v) is 5.09. The summed E-state index contributed by atoms with van der Waals surface area (Å²) in [7, 11) is 2.13. The first-order valence-electron chi connectivity index (χ1n) is 12.8. The van der Waals surface area contributed by atoms with Gasteiger partial charge in [-0.05, 0) is 43.1 Å². The van der Waals surface area contributed by atoms with E-state index in [4.69, 9.17) is 15.8 Å². The number of hydrogen-bond acceptors (Lipinski definition) is 7. The van der Waals surface area contributed by atoms with Gasteiger partial charge >= 0.3 is 0 Å². The topological polar surface area (TPSA) is 116 Å². The maximum atomic E-state index is 12.7. The Kier molecular flexibility index (Phi) is 6.90. The summed E-state index contributed by atoms with van der Waals surface area (Å²) in [6.07, 6.45) is 6.83. The number of benzene rings is 1. The number of pyridine rings is 1. The Morgan fingerprint density at radius 2 is 1.78 bits per heavy atom. The lowest BCUT2D eigenvalue weighted by atomic mass is 9.81. The first-order valence-corrected chi connectivity index (χ1v) is 12.8. The number of aromatic nitrogens is 3. The lowest BCUT2D eigenvalue weighted by molar-refractivity contribution is -0.127.